The summed E-state index contributed by atoms with van der Waals surface area (Å²) in [4.78, 5) is 2.59. The van der Waals surface area contributed by atoms with Crippen LogP contribution in [0, 0.1) is 0 Å². The van der Waals surface area contributed by atoms with Crippen molar-refractivity contribution in [2.24, 2.45) is 5.73 Å². The van der Waals surface area contributed by atoms with Gasteiger partial charge in [-0.3, -0.25) is 4.90 Å². The molecule has 1 aliphatic rings. The molecule has 1 aromatic carbocycles. The summed E-state index contributed by atoms with van der Waals surface area (Å²) in [7, 11) is 0. The minimum Gasteiger partial charge on any atom is -0.492 e. The first kappa shape index (κ1) is 16.3. The second-order valence-electron chi connectivity index (χ2n) is 6.14. The molecule has 0 aliphatic heterocycles. The van der Waals surface area contributed by atoms with Crippen LogP contribution in [-0.2, 0) is 0 Å². The van der Waals surface area contributed by atoms with Gasteiger partial charge in [-0.25, -0.2) is 0 Å². The Bertz CT molecular complexity index is 387. The maximum Gasteiger partial charge on any atom is 0.119 e. The van der Waals surface area contributed by atoms with Gasteiger partial charge in [0.05, 0.1) is 0 Å². The molecule has 1 saturated carbocycles. The number of nitrogens with two attached hydrogens (primary N) is 1. The highest BCUT2D eigenvalue weighted by atomic mass is 16.5. The fourth-order valence-corrected chi connectivity index (χ4v) is 3.51. The lowest BCUT2D eigenvalue weighted by Gasteiger charge is -2.46. The van der Waals surface area contributed by atoms with Crippen LogP contribution in [0.15, 0.2) is 30.3 Å². The Labute approximate surface area is 129 Å². The molecule has 1 fully saturated rings. The predicted octanol–water partition coefficient (Wildman–Crippen LogP) is 3.44. The second kappa shape index (κ2) is 8.40. The zero-order chi connectivity index (χ0) is 15.0. The van der Waals surface area contributed by atoms with E-state index in [1.807, 2.05) is 30.3 Å². The van der Waals surface area contributed by atoms with Crippen LogP contribution in [0.1, 0.15) is 45.4 Å². The van der Waals surface area contributed by atoms with Gasteiger partial charge in [-0.1, -0.05) is 44.4 Å². The molecule has 0 amide bonds. The molecular formula is C18H30N2O. The van der Waals surface area contributed by atoms with Crippen LogP contribution in [0.25, 0.3) is 0 Å². The SMILES string of the molecule is CCCN(CCOc1ccccc1)C1(CN)CCCCC1. The number of hydrogen-bond donors (Lipinski definition) is 1. The molecule has 118 valence electrons. The molecule has 3 heteroatoms. The Hall–Kier alpha value is -1.06. The van der Waals surface area contributed by atoms with E-state index in [2.05, 4.69) is 11.8 Å². The van der Waals surface area contributed by atoms with Crippen LogP contribution in [0.5, 0.6) is 5.75 Å². The van der Waals surface area contributed by atoms with Crippen molar-refractivity contribution in [3.63, 3.8) is 0 Å². The summed E-state index contributed by atoms with van der Waals surface area (Å²) in [5, 5.41) is 0. The van der Waals surface area contributed by atoms with Crippen LogP contribution in [0.4, 0.5) is 0 Å². The third-order valence-electron chi connectivity index (χ3n) is 4.70. The van der Waals surface area contributed by atoms with Crippen molar-refractivity contribution in [3.05, 3.63) is 30.3 Å². The molecule has 0 bridgehead atoms. The molecule has 0 aromatic heterocycles. The minimum atomic E-state index is 0.217. The van der Waals surface area contributed by atoms with Gasteiger partial charge in [0.25, 0.3) is 0 Å². The van der Waals surface area contributed by atoms with Gasteiger partial charge in [-0.15, -0.1) is 0 Å². The zero-order valence-electron chi connectivity index (χ0n) is 13.4. The first-order chi connectivity index (χ1) is 10.3. The minimum absolute atomic E-state index is 0.217. The molecule has 21 heavy (non-hydrogen) atoms. The number of rotatable bonds is 8. The average molecular weight is 290 g/mol. The first-order valence-corrected chi connectivity index (χ1v) is 8.44. The van der Waals surface area contributed by atoms with E-state index in [1.54, 1.807) is 0 Å². The maximum absolute atomic E-state index is 6.17. The van der Waals surface area contributed by atoms with Crippen LogP contribution >= 0.6 is 0 Å². The third kappa shape index (κ3) is 4.45. The van der Waals surface area contributed by atoms with Gasteiger partial charge in [0.1, 0.15) is 12.4 Å². The zero-order valence-corrected chi connectivity index (χ0v) is 13.4. The smallest absolute Gasteiger partial charge is 0.119 e. The highest BCUT2D eigenvalue weighted by Gasteiger charge is 2.35. The third-order valence-corrected chi connectivity index (χ3v) is 4.70. The molecular weight excluding hydrogens is 260 g/mol. The Kier molecular flexibility index (Phi) is 6.52. The Morgan fingerprint density at radius 2 is 1.81 bits per heavy atom. The van der Waals surface area contributed by atoms with Gasteiger partial charge in [0, 0.05) is 18.6 Å². The number of benzene rings is 1. The molecule has 0 spiro atoms. The van der Waals surface area contributed by atoms with Crippen molar-refractivity contribution in [2.75, 3.05) is 26.2 Å². The van der Waals surface area contributed by atoms with Crippen molar-refractivity contribution >= 4 is 0 Å². The molecule has 0 atom stereocenters. The Morgan fingerprint density at radius 1 is 1.10 bits per heavy atom. The van der Waals surface area contributed by atoms with E-state index in [4.69, 9.17) is 10.5 Å². The van der Waals surface area contributed by atoms with Crippen LogP contribution in [0.2, 0.25) is 0 Å². The van der Waals surface area contributed by atoms with Crippen molar-refractivity contribution in [1.29, 1.82) is 0 Å². The lowest BCUT2D eigenvalue weighted by molar-refractivity contribution is 0.0448. The number of hydrogen-bond acceptors (Lipinski definition) is 3. The van der Waals surface area contributed by atoms with Crippen LogP contribution in [0.3, 0.4) is 0 Å². The predicted molar refractivity (Wildman–Crippen MR) is 88.7 cm³/mol. The van der Waals surface area contributed by atoms with Gasteiger partial charge in [-0.05, 0) is 37.9 Å². The van der Waals surface area contributed by atoms with Crippen molar-refractivity contribution in [3.8, 4) is 5.75 Å². The normalized spacial score (nSPS) is 17.9. The van der Waals surface area contributed by atoms with E-state index < -0.39 is 0 Å². The van der Waals surface area contributed by atoms with E-state index in [0.717, 1.165) is 32.0 Å². The molecule has 2 N–H and O–H groups in total. The van der Waals surface area contributed by atoms with Crippen LogP contribution < -0.4 is 10.5 Å². The Balaban J connectivity index is 1.91. The van der Waals surface area contributed by atoms with Gasteiger partial charge < -0.3 is 10.5 Å². The summed E-state index contributed by atoms with van der Waals surface area (Å²) in [6, 6.07) is 10.1. The van der Waals surface area contributed by atoms with Crippen LogP contribution in [-0.4, -0.2) is 36.7 Å². The summed E-state index contributed by atoms with van der Waals surface area (Å²) < 4.78 is 5.88. The maximum atomic E-state index is 6.17. The van der Waals surface area contributed by atoms with E-state index in [9.17, 15) is 0 Å². The van der Waals surface area contributed by atoms with Gasteiger partial charge in [0.15, 0.2) is 0 Å². The summed E-state index contributed by atoms with van der Waals surface area (Å²) >= 11 is 0. The van der Waals surface area contributed by atoms with Gasteiger partial charge in [-0.2, -0.15) is 0 Å². The summed E-state index contributed by atoms with van der Waals surface area (Å²) in [6.45, 7) is 5.86. The molecule has 2 rings (SSSR count). The van der Waals surface area contributed by atoms with E-state index in [-0.39, 0.29) is 5.54 Å². The fourth-order valence-electron chi connectivity index (χ4n) is 3.51. The topological polar surface area (TPSA) is 38.5 Å². The van der Waals surface area contributed by atoms with Crippen molar-refractivity contribution in [1.82, 2.24) is 4.90 Å². The fraction of sp³-hybridized carbons (Fsp3) is 0.667. The highest BCUT2D eigenvalue weighted by Crippen LogP contribution is 2.33. The monoisotopic (exact) mass is 290 g/mol. The molecule has 3 nitrogen and oxygen atoms in total. The van der Waals surface area contributed by atoms with E-state index in [1.165, 1.54) is 38.5 Å². The first-order valence-electron chi connectivity index (χ1n) is 8.44. The second-order valence-corrected chi connectivity index (χ2v) is 6.14. The molecule has 1 aromatic rings. The Morgan fingerprint density at radius 3 is 2.43 bits per heavy atom. The summed E-state index contributed by atoms with van der Waals surface area (Å²) in [6.07, 6.45) is 7.66. The van der Waals surface area contributed by atoms with Gasteiger partial charge >= 0.3 is 0 Å². The lowest BCUT2D eigenvalue weighted by atomic mass is 9.80. The average Bonchev–Trinajstić information content (AvgIpc) is 2.56. The van der Waals surface area contributed by atoms with Crippen molar-refractivity contribution < 1.29 is 4.74 Å². The highest BCUT2D eigenvalue weighted by molar-refractivity contribution is 5.20. The largest absolute Gasteiger partial charge is 0.492 e. The quantitative estimate of drug-likeness (QED) is 0.797. The van der Waals surface area contributed by atoms with E-state index in [0.29, 0.717) is 0 Å². The number of para-hydroxylation sites is 1. The summed E-state index contributed by atoms with van der Waals surface area (Å²) in [5.41, 5.74) is 6.39. The molecule has 0 unspecified atom stereocenters. The molecule has 0 radical (unpaired) electrons. The summed E-state index contributed by atoms with van der Waals surface area (Å²) in [5.74, 6) is 0.958. The number of ether oxygens (including phenoxy) is 1. The van der Waals surface area contributed by atoms with Gasteiger partial charge in [0.2, 0.25) is 0 Å². The standard InChI is InChI=1S/C18H30N2O/c1-2-13-20(18(16-19)11-7-4-8-12-18)14-15-21-17-9-5-3-6-10-17/h3,5-6,9-10H,2,4,7-8,11-16,19H2,1H3. The van der Waals surface area contributed by atoms with E-state index >= 15 is 0 Å². The molecule has 0 heterocycles. The lowest BCUT2D eigenvalue weighted by Crippen LogP contribution is -2.56. The molecule has 0 saturated heterocycles. The van der Waals surface area contributed by atoms with Crippen molar-refractivity contribution in [2.45, 2.75) is 51.0 Å². The molecule has 1 aliphatic carbocycles. The number of nitrogens with zero attached hydrogens (tertiary/aromatic N) is 1.